The highest BCUT2D eigenvalue weighted by Gasteiger charge is 2.24. The molecule has 8 heteroatoms. The monoisotopic (exact) mass is 322 g/mol. The summed E-state index contributed by atoms with van der Waals surface area (Å²) in [6, 6.07) is 5.03. The zero-order chi connectivity index (χ0) is 16.3. The third-order valence-electron chi connectivity index (χ3n) is 3.35. The van der Waals surface area contributed by atoms with Crippen LogP contribution in [0, 0.1) is 5.41 Å². The molecule has 22 heavy (non-hydrogen) atoms. The van der Waals surface area contributed by atoms with E-state index in [-0.39, 0.29) is 11.3 Å². The van der Waals surface area contributed by atoms with Gasteiger partial charge in [0, 0.05) is 18.6 Å². The Morgan fingerprint density at radius 3 is 2.77 bits per heavy atom. The van der Waals surface area contributed by atoms with Gasteiger partial charge in [-0.15, -0.1) is 5.10 Å². The zero-order valence-corrected chi connectivity index (χ0v) is 13.6. The van der Waals surface area contributed by atoms with Crippen LogP contribution in [0.2, 0.25) is 5.02 Å². The van der Waals surface area contributed by atoms with E-state index in [4.69, 9.17) is 17.3 Å². The van der Waals surface area contributed by atoms with Crippen molar-refractivity contribution in [2.45, 2.75) is 13.8 Å². The molecule has 2 aromatic rings. The maximum Gasteiger partial charge on any atom is 0.255 e. The Hall–Kier alpha value is -1.99. The van der Waals surface area contributed by atoms with Gasteiger partial charge in [-0.3, -0.25) is 4.79 Å². The number of tetrazole rings is 1. The van der Waals surface area contributed by atoms with Crippen LogP contribution in [-0.4, -0.2) is 51.2 Å². The number of hydrogen-bond donors (Lipinski definition) is 1. The average molecular weight is 323 g/mol. The number of halogens is 1. The van der Waals surface area contributed by atoms with Gasteiger partial charge in [-0.25, -0.2) is 0 Å². The van der Waals surface area contributed by atoms with Gasteiger partial charge in [-0.2, -0.15) is 4.68 Å². The van der Waals surface area contributed by atoms with Gasteiger partial charge >= 0.3 is 0 Å². The van der Waals surface area contributed by atoms with Gasteiger partial charge in [0.05, 0.1) is 11.3 Å². The van der Waals surface area contributed by atoms with Crippen LogP contribution in [0.5, 0.6) is 0 Å². The predicted octanol–water partition coefficient (Wildman–Crippen LogP) is 1.37. The predicted molar refractivity (Wildman–Crippen MR) is 84.0 cm³/mol. The smallest absolute Gasteiger partial charge is 0.255 e. The molecule has 0 spiro atoms. The van der Waals surface area contributed by atoms with Gasteiger partial charge in [-0.1, -0.05) is 25.4 Å². The summed E-state index contributed by atoms with van der Waals surface area (Å²) in [5.41, 5.74) is 6.59. The summed E-state index contributed by atoms with van der Waals surface area (Å²) in [4.78, 5) is 14.4. The topological polar surface area (TPSA) is 89.9 Å². The number of nitrogens with two attached hydrogens (primary N) is 1. The fourth-order valence-corrected chi connectivity index (χ4v) is 2.31. The molecule has 0 radical (unpaired) electrons. The summed E-state index contributed by atoms with van der Waals surface area (Å²) < 4.78 is 1.44. The van der Waals surface area contributed by atoms with Gasteiger partial charge in [0.15, 0.2) is 0 Å². The minimum Gasteiger partial charge on any atom is -0.341 e. The molecule has 2 rings (SSSR count). The zero-order valence-electron chi connectivity index (χ0n) is 12.8. The Labute approximate surface area is 134 Å². The second-order valence-electron chi connectivity index (χ2n) is 5.95. The number of benzene rings is 1. The van der Waals surface area contributed by atoms with Crippen molar-refractivity contribution in [3.05, 3.63) is 35.1 Å². The molecule has 0 aliphatic carbocycles. The van der Waals surface area contributed by atoms with Crippen molar-refractivity contribution in [3.63, 3.8) is 0 Å². The maximum atomic E-state index is 12.8. The van der Waals surface area contributed by atoms with Crippen molar-refractivity contribution >= 4 is 17.5 Å². The normalized spacial score (nSPS) is 11.5. The van der Waals surface area contributed by atoms with Crippen LogP contribution in [0.15, 0.2) is 24.5 Å². The summed E-state index contributed by atoms with van der Waals surface area (Å²) >= 11 is 6.04. The minimum atomic E-state index is -0.169. The lowest BCUT2D eigenvalue weighted by molar-refractivity contribution is 0.0740. The van der Waals surface area contributed by atoms with Gasteiger partial charge in [0.1, 0.15) is 6.33 Å². The Balaban J connectivity index is 2.35. The summed E-state index contributed by atoms with van der Waals surface area (Å²) in [6.45, 7) is 5.04. The van der Waals surface area contributed by atoms with Crippen molar-refractivity contribution in [1.82, 2.24) is 25.1 Å². The SMILES string of the molecule is CN(CC(C)(C)CN)C(=O)c1cc(Cl)ccc1-n1cnnn1. The minimum absolute atomic E-state index is 0.158. The highest BCUT2D eigenvalue weighted by atomic mass is 35.5. The standard InChI is InChI=1S/C14H19ClN6O/c1-14(2,7-16)8-20(3)13(22)11-6-10(15)4-5-12(11)21-9-17-18-19-21/h4-6,9H,7-8,16H2,1-3H3. The van der Waals surface area contributed by atoms with Crippen LogP contribution in [0.1, 0.15) is 24.2 Å². The second-order valence-corrected chi connectivity index (χ2v) is 6.38. The molecule has 7 nitrogen and oxygen atoms in total. The Bertz CT molecular complexity index is 655. The van der Waals surface area contributed by atoms with E-state index < -0.39 is 0 Å². The van der Waals surface area contributed by atoms with Gasteiger partial charge in [-0.05, 0) is 40.6 Å². The summed E-state index contributed by atoms with van der Waals surface area (Å²) in [7, 11) is 1.74. The van der Waals surface area contributed by atoms with Crippen molar-refractivity contribution < 1.29 is 4.79 Å². The highest BCUT2D eigenvalue weighted by Crippen LogP contribution is 2.22. The molecule has 0 saturated heterocycles. The summed E-state index contributed by atoms with van der Waals surface area (Å²) in [6.07, 6.45) is 1.43. The third kappa shape index (κ3) is 3.61. The highest BCUT2D eigenvalue weighted by molar-refractivity contribution is 6.31. The number of rotatable bonds is 5. The number of nitrogens with zero attached hydrogens (tertiary/aromatic N) is 5. The van der Waals surface area contributed by atoms with Crippen LogP contribution in [0.25, 0.3) is 5.69 Å². The number of aromatic nitrogens is 4. The fourth-order valence-electron chi connectivity index (χ4n) is 2.14. The molecule has 118 valence electrons. The molecular formula is C14H19ClN6O. The van der Waals surface area contributed by atoms with Gasteiger partial charge < -0.3 is 10.6 Å². The van der Waals surface area contributed by atoms with Crippen molar-refractivity contribution in [2.24, 2.45) is 11.1 Å². The Morgan fingerprint density at radius 2 is 2.18 bits per heavy atom. The van der Waals surface area contributed by atoms with E-state index in [0.29, 0.717) is 29.4 Å². The van der Waals surface area contributed by atoms with Crippen molar-refractivity contribution in [3.8, 4) is 5.69 Å². The molecule has 0 bridgehead atoms. The lowest BCUT2D eigenvalue weighted by Gasteiger charge is -2.29. The number of carbonyl (C=O) groups is 1. The average Bonchev–Trinajstić information content (AvgIpc) is 3.00. The molecule has 2 N–H and O–H groups in total. The van der Waals surface area contributed by atoms with Crippen LogP contribution in [0.4, 0.5) is 0 Å². The van der Waals surface area contributed by atoms with E-state index in [2.05, 4.69) is 15.5 Å². The Kier molecular flexibility index (Phi) is 4.77. The molecule has 0 saturated carbocycles. The summed E-state index contributed by atoms with van der Waals surface area (Å²) in [5.74, 6) is -0.158. The van der Waals surface area contributed by atoms with Gasteiger partial charge in [0.25, 0.3) is 5.91 Å². The molecular weight excluding hydrogens is 304 g/mol. The van der Waals surface area contributed by atoms with E-state index in [0.717, 1.165) is 0 Å². The molecule has 0 aliphatic heterocycles. The van der Waals surface area contributed by atoms with E-state index in [1.165, 1.54) is 11.0 Å². The number of hydrogen-bond acceptors (Lipinski definition) is 5. The first kappa shape index (κ1) is 16.4. The molecule has 0 aliphatic rings. The lowest BCUT2D eigenvalue weighted by atomic mass is 9.93. The van der Waals surface area contributed by atoms with Crippen LogP contribution < -0.4 is 5.73 Å². The van der Waals surface area contributed by atoms with E-state index in [1.54, 1.807) is 30.1 Å². The van der Waals surface area contributed by atoms with E-state index in [1.807, 2.05) is 13.8 Å². The van der Waals surface area contributed by atoms with Crippen LogP contribution in [0.3, 0.4) is 0 Å². The first-order valence-electron chi connectivity index (χ1n) is 6.82. The number of carbonyl (C=O) groups excluding carboxylic acids is 1. The lowest BCUT2D eigenvalue weighted by Crippen LogP contribution is -2.40. The number of amides is 1. The van der Waals surface area contributed by atoms with Crippen molar-refractivity contribution in [2.75, 3.05) is 20.1 Å². The van der Waals surface area contributed by atoms with Crippen molar-refractivity contribution in [1.29, 1.82) is 0 Å². The Morgan fingerprint density at radius 1 is 1.45 bits per heavy atom. The molecule has 1 heterocycles. The van der Waals surface area contributed by atoms with Crippen LogP contribution >= 0.6 is 11.6 Å². The van der Waals surface area contributed by atoms with Gasteiger partial charge in [0.2, 0.25) is 0 Å². The van der Waals surface area contributed by atoms with E-state index in [9.17, 15) is 4.79 Å². The van der Waals surface area contributed by atoms with E-state index >= 15 is 0 Å². The molecule has 0 unspecified atom stereocenters. The largest absolute Gasteiger partial charge is 0.341 e. The first-order valence-corrected chi connectivity index (χ1v) is 7.20. The first-order chi connectivity index (χ1) is 10.3. The van der Waals surface area contributed by atoms with Crippen LogP contribution in [-0.2, 0) is 0 Å². The molecule has 1 aromatic carbocycles. The maximum absolute atomic E-state index is 12.8. The summed E-state index contributed by atoms with van der Waals surface area (Å²) in [5, 5.41) is 11.5. The molecule has 0 fully saturated rings. The third-order valence-corrected chi connectivity index (χ3v) is 3.58. The fraction of sp³-hybridized carbons (Fsp3) is 0.429. The second kappa shape index (κ2) is 6.41. The molecule has 0 atom stereocenters. The molecule has 1 aromatic heterocycles. The quantitative estimate of drug-likeness (QED) is 0.898. The molecule has 1 amide bonds.